The topological polar surface area (TPSA) is 72.9 Å². The molecule has 7 heteroatoms. The maximum Gasteiger partial charge on any atom is 0.259 e. The predicted octanol–water partition coefficient (Wildman–Crippen LogP) is 0.623. The Hall–Kier alpha value is -0.660. The average Bonchev–Trinajstić information content (AvgIpc) is 2.80. The van der Waals surface area contributed by atoms with Crippen LogP contribution in [0, 0.1) is 0 Å². The number of sulfonamides is 1. The second-order valence-electron chi connectivity index (χ2n) is 5.96. The Morgan fingerprint density at radius 2 is 1.68 bits per heavy atom. The Labute approximate surface area is 113 Å². The molecule has 3 aliphatic rings. The molecule has 0 unspecified atom stereocenters. The lowest BCUT2D eigenvalue weighted by atomic mass is 9.89. The van der Waals surface area contributed by atoms with Crippen molar-refractivity contribution in [3.8, 4) is 0 Å². The molecule has 3 fully saturated rings. The molecule has 1 spiro atoms. The number of amides is 1. The third kappa shape index (κ3) is 1.68. The fraction of sp³-hybridized carbons (Fsp3) is 0.917. The van der Waals surface area contributed by atoms with Crippen molar-refractivity contribution in [1.82, 2.24) is 4.31 Å². The van der Waals surface area contributed by atoms with Crippen molar-refractivity contribution in [3.05, 3.63) is 0 Å². The van der Waals surface area contributed by atoms with Gasteiger partial charge in [0.2, 0.25) is 0 Å². The van der Waals surface area contributed by atoms with Gasteiger partial charge in [0.05, 0.1) is 13.2 Å². The Bertz CT molecular complexity index is 496. The number of rotatable bonds is 1. The highest BCUT2D eigenvalue weighted by atomic mass is 32.2. The fourth-order valence-corrected chi connectivity index (χ4v) is 4.84. The van der Waals surface area contributed by atoms with Crippen molar-refractivity contribution in [1.29, 1.82) is 0 Å². The van der Waals surface area contributed by atoms with Gasteiger partial charge in [-0.3, -0.25) is 4.79 Å². The van der Waals surface area contributed by atoms with Crippen molar-refractivity contribution in [2.75, 3.05) is 13.2 Å². The van der Waals surface area contributed by atoms with E-state index < -0.39 is 20.6 Å². The van der Waals surface area contributed by atoms with Crippen molar-refractivity contribution >= 4 is 15.9 Å². The third-order valence-corrected chi connectivity index (χ3v) is 6.93. The van der Waals surface area contributed by atoms with Crippen LogP contribution in [0.3, 0.4) is 0 Å². The first kappa shape index (κ1) is 13.3. The quantitative estimate of drug-likeness (QED) is 0.707. The summed E-state index contributed by atoms with van der Waals surface area (Å²) in [6.45, 7) is 4.13. The van der Waals surface area contributed by atoms with Gasteiger partial charge in [0, 0.05) is 18.9 Å². The predicted molar refractivity (Wildman–Crippen MR) is 66.7 cm³/mol. The lowest BCUT2D eigenvalue weighted by Gasteiger charge is -2.49. The minimum Gasteiger partial charge on any atom is -0.348 e. The summed E-state index contributed by atoms with van der Waals surface area (Å²) in [4.78, 5) is 12.0. The van der Waals surface area contributed by atoms with Crippen molar-refractivity contribution in [2.24, 2.45) is 0 Å². The lowest BCUT2D eigenvalue weighted by Crippen LogP contribution is -2.70. The van der Waals surface area contributed by atoms with E-state index in [0.29, 0.717) is 38.9 Å². The maximum atomic E-state index is 12.1. The molecule has 0 N–H and O–H groups in total. The van der Waals surface area contributed by atoms with Crippen LogP contribution in [0.4, 0.5) is 0 Å². The van der Waals surface area contributed by atoms with Gasteiger partial charge in [0.1, 0.15) is 0 Å². The molecule has 0 aromatic carbocycles. The van der Waals surface area contributed by atoms with Crippen LogP contribution in [-0.2, 0) is 24.3 Å². The van der Waals surface area contributed by atoms with Crippen LogP contribution in [0.1, 0.15) is 39.5 Å². The summed E-state index contributed by atoms with van der Waals surface area (Å²) in [6, 6.07) is -0.232. The Balaban J connectivity index is 1.72. The van der Waals surface area contributed by atoms with Crippen molar-refractivity contribution in [3.63, 3.8) is 0 Å². The normalized spacial score (nSPS) is 32.5. The highest BCUT2D eigenvalue weighted by Crippen LogP contribution is 2.43. The van der Waals surface area contributed by atoms with Gasteiger partial charge in [-0.1, -0.05) is 0 Å². The molecule has 108 valence electrons. The van der Waals surface area contributed by atoms with E-state index in [2.05, 4.69) is 0 Å². The summed E-state index contributed by atoms with van der Waals surface area (Å²) >= 11 is 0. The van der Waals surface area contributed by atoms with Gasteiger partial charge in [0.15, 0.2) is 10.5 Å². The number of carbonyl (C=O) groups excluding carboxylic acids is 1. The molecule has 2 saturated heterocycles. The highest BCUT2D eigenvalue weighted by Gasteiger charge is 2.62. The summed E-state index contributed by atoms with van der Waals surface area (Å²) in [7, 11) is -3.48. The zero-order valence-electron chi connectivity index (χ0n) is 11.2. The van der Waals surface area contributed by atoms with Crippen LogP contribution in [0.25, 0.3) is 0 Å². The first-order valence-electron chi connectivity index (χ1n) is 6.67. The van der Waals surface area contributed by atoms with E-state index in [1.54, 1.807) is 0 Å². The molecular formula is C12H19NO5S. The molecule has 1 saturated carbocycles. The van der Waals surface area contributed by atoms with Crippen LogP contribution in [0.15, 0.2) is 0 Å². The van der Waals surface area contributed by atoms with Crippen molar-refractivity contribution < 1.29 is 22.7 Å². The number of hydrogen-bond acceptors (Lipinski definition) is 5. The summed E-state index contributed by atoms with van der Waals surface area (Å²) < 4.78 is 35.3. The molecule has 1 aliphatic carbocycles. The molecule has 19 heavy (non-hydrogen) atoms. The van der Waals surface area contributed by atoms with E-state index in [-0.39, 0.29) is 11.9 Å². The number of carbonyl (C=O) groups is 1. The van der Waals surface area contributed by atoms with Gasteiger partial charge in [-0.2, -0.15) is 0 Å². The third-order valence-electron chi connectivity index (χ3n) is 4.48. The van der Waals surface area contributed by atoms with Gasteiger partial charge < -0.3 is 9.47 Å². The van der Waals surface area contributed by atoms with Crippen LogP contribution in [-0.4, -0.2) is 48.4 Å². The van der Waals surface area contributed by atoms with Gasteiger partial charge >= 0.3 is 0 Å². The number of nitrogens with zero attached hydrogens (tertiary/aromatic N) is 1. The van der Waals surface area contributed by atoms with Crippen LogP contribution in [0.2, 0.25) is 0 Å². The van der Waals surface area contributed by atoms with E-state index in [0.717, 1.165) is 4.31 Å². The zero-order valence-corrected chi connectivity index (χ0v) is 12.0. The summed E-state index contributed by atoms with van der Waals surface area (Å²) in [5, 5.41) is 0. The fourth-order valence-electron chi connectivity index (χ4n) is 3.12. The molecule has 3 rings (SSSR count). The molecule has 1 amide bonds. The summed E-state index contributed by atoms with van der Waals surface area (Å²) in [5.41, 5.74) is 0. The van der Waals surface area contributed by atoms with Crippen LogP contribution < -0.4 is 0 Å². The van der Waals surface area contributed by atoms with Gasteiger partial charge in [0.25, 0.3) is 15.9 Å². The highest BCUT2D eigenvalue weighted by molar-refractivity contribution is 7.94. The molecule has 6 nitrogen and oxygen atoms in total. The lowest BCUT2D eigenvalue weighted by molar-refractivity contribution is -0.183. The molecule has 2 heterocycles. The van der Waals surface area contributed by atoms with Crippen LogP contribution in [0.5, 0.6) is 0 Å². The standard InChI is InChI=1S/C12H19NO5S/c1-11(2)10(14)13(19(11,15)16)9-3-5-12(6-4-9)17-7-8-18-12/h9H,3-8H2,1-2H3. The Morgan fingerprint density at radius 1 is 1.16 bits per heavy atom. The Morgan fingerprint density at radius 3 is 2.16 bits per heavy atom. The maximum absolute atomic E-state index is 12.1. The molecule has 2 aliphatic heterocycles. The number of hydrogen-bond donors (Lipinski definition) is 0. The van der Waals surface area contributed by atoms with Crippen LogP contribution >= 0.6 is 0 Å². The van der Waals surface area contributed by atoms with E-state index in [1.165, 1.54) is 13.8 Å². The minimum atomic E-state index is -3.48. The van der Waals surface area contributed by atoms with Gasteiger partial charge in [-0.15, -0.1) is 0 Å². The molecule has 0 aromatic heterocycles. The zero-order chi connectivity index (χ0) is 13.9. The summed E-state index contributed by atoms with van der Waals surface area (Å²) in [5.74, 6) is -0.814. The van der Waals surface area contributed by atoms with E-state index in [9.17, 15) is 13.2 Å². The molecule has 0 atom stereocenters. The number of ether oxygens (including phenoxy) is 2. The Kier molecular flexibility index (Phi) is 2.75. The molecule has 0 aromatic rings. The molecule has 0 bridgehead atoms. The first-order valence-corrected chi connectivity index (χ1v) is 8.11. The smallest absolute Gasteiger partial charge is 0.259 e. The summed E-state index contributed by atoms with van der Waals surface area (Å²) in [6.07, 6.45) is 2.52. The van der Waals surface area contributed by atoms with E-state index >= 15 is 0 Å². The SMILES string of the molecule is CC1(C)C(=O)N(C2CCC3(CC2)OCCO3)S1(=O)=O. The minimum absolute atomic E-state index is 0.232. The van der Waals surface area contributed by atoms with E-state index in [4.69, 9.17) is 9.47 Å². The van der Waals surface area contributed by atoms with E-state index in [1.807, 2.05) is 0 Å². The second-order valence-corrected chi connectivity index (χ2v) is 8.32. The van der Waals surface area contributed by atoms with Crippen molar-refractivity contribution in [2.45, 2.75) is 56.1 Å². The van der Waals surface area contributed by atoms with Gasteiger partial charge in [-0.25, -0.2) is 12.7 Å². The average molecular weight is 289 g/mol. The monoisotopic (exact) mass is 289 g/mol. The largest absolute Gasteiger partial charge is 0.348 e. The first-order chi connectivity index (χ1) is 8.80. The van der Waals surface area contributed by atoms with Gasteiger partial charge in [-0.05, 0) is 26.7 Å². The molecule has 0 radical (unpaired) electrons. The molecular weight excluding hydrogens is 270 g/mol. The second kappa shape index (κ2) is 3.93.